The van der Waals surface area contributed by atoms with Crippen LogP contribution in [0.25, 0.3) is 34.0 Å². The number of nitrogens with zero attached hydrogens (tertiary/aromatic N) is 4. The second-order valence-corrected chi connectivity index (χ2v) is 9.18. The number of sulfonamides is 1. The number of hydrogen-bond acceptors (Lipinski definition) is 9. The first kappa shape index (κ1) is 23.1. The van der Waals surface area contributed by atoms with E-state index >= 15 is 0 Å². The average molecular weight is 481 g/mol. The predicted molar refractivity (Wildman–Crippen MR) is 131 cm³/mol. The number of anilines is 2. The molecule has 176 valence electrons. The van der Waals surface area contributed by atoms with Crippen LogP contribution in [-0.2, 0) is 10.0 Å². The highest BCUT2D eigenvalue weighted by atomic mass is 32.2. The van der Waals surface area contributed by atoms with E-state index in [9.17, 15) is 8.42 Å². The van der Waals surface area contributed by atoms with Crippen molar-refractivity contribution >= 4 is 21.8 Å². The van der Waals surface area contributed by atoms with Crippen molar-refractivity contribution in [1.82, 2.24) is 29.6 Å². The highest BCUT2D eigenvalue weighted by Crippen LogP contribution is 2.34. The molecule has 0 aliphatic heterocycles. The van der Waals surface area contributed by atoms with E-state index in [4.69, 9.17) is 15.5 Å². The first-order chi connectivity index (χ1) is 16.3. The van der Waals surface area contributed by atoms with E-state index in [-0.39, 0.29) is 12.4 Å². The van der Waals surface area contributed by atoms with Gasteiger partial charge in [-0.15, -0.1) is 0 Å². The highest BCUT2D eigenvalue weighted by molar-refractivity contribution is 7.88. The fourth-order valence-corrected chi connectivity index (χ4v) is 3.71. The molecule has 0 spiro atoms. The standard InChI is InChI=1S/C22H24N8O3S/c1-33-17-12-15(13-26-20(17)23)18-19(30-21(29-18)14-6-4-3-5-7-14)16-8-9-24-22(28-16)25-10-11-27-34(2,31)32/h3-9,12-13,27H,10-11H2,1-2H3,(H2,23,26)(H,29,30)(H,24,25,28). The second kappa shape index (κ2) is 9.85. The number of H-pyrrole nitrogens is 1. The van der Waals surface area contributed by atoms with Gasteiger partial charge in [0, 0.05) is 36.6 Å². The lowest BCUT2D eigenvalue weighted by Gasteiger charge is -2.08. The zero-order chi connectivity index (χ0) is 24.1. The van der Waals surface area contributed by atoms with Crippen molar-refractivity contribution in [2.75, 3.05) is 37.5 Å². The highest BCUT2D eigenvalue weighted by Gasteiger charge is 2.18. The molecule has 0 aliphatic carbocycles. The zero-order valence-electron chi connectivity index (χ0n) is 18.6. The van der Waals surface area contributed by atoms with Gasteiger partial charge in [0.2, 0.25) is 16.0 Å². The number of benzene rings is 1. The van der Waals surface area contributed by atoms with Crippen LogP contribution in [0.1, 0.15) is 0 Å². The van der Waals surface area contributed by atoms with Crippen LogP contribution in [-0.4, -0.2) is 59.8 Å². The summed E-state index contributed by atoms with van der Waals surface area (Å²) in [6, 6.07) is 13.2. The zero-order valence-corrected chi connectivity index (χ0v) is 19.4. The van der Waals surface area contributed by atoms with Gasteiger partial charge in [0.15, 0.2) is 11.6 Å². The Morgan fingerprint density at radius 3 is 2.59 bits per heavy atom. The first-order valence-corrected chi connectivity index (χ1v) is 12.2. The molecule has 34 heavy (non-hydrogen) atoms. The van der Waals surface area contributed by atoms with Gasteiger partial charge in [-0.05, 0) is 12.1 Å². The Bertz CT molecular complexity index is 1390. The largest absolute Gasteiger partial charge is 0.493 e. The Morgan fingerprint density at radius 2 is 1.85 bits per heavy atom. The van der Waals surface area contributed by atoms with Crippen LogP contribution in [0, 0.1) is 0 Å². The topological polar surface area (TPSA) is 161 Å². The summed E-state index contributed by atoms with van der Waals surface area (Å²) >= 11 is 0. The Morgan fingerprint density at radius 1 is 1.06 bits per heavy atom. The summed E-state index contributed by atoms with van der Waals surface area (Å²) < 4.78 is 30.2. The van der Waals surface area contributed by atoms with Crippen molar-refractivity contribution in [3.05, 3.63) is 54.9 Å². The monoisotopic (exact) mass is 480 g/mol. The molecule has 0 unspecified atom stereocenters. The molecule has 0 amide bonds. The molecule has 5 N–H and O–H groups in total. The summed E-state index contributed by atoms with van der Waals surface area (Å²) in [5, 5.41) is 3.01. The van der Waals surface area contributed by atoms with Crippen molar-refractivity contribution < 1.29 is 13.2 Å². The molecule has 12 heteroatoms. The number of imidazole rings is 1. The molecule has 0 saturated heterocycles. The molecule has 4 aromatic rings. The Hall–Kier alpha value is -4.03. The minimum absolute atomic E-state index is 0.204. The van der Waals surface area contributed by atoms with Crippen molar-refractivity contribution in [3.63, 3.8) is 0 Å². The van der Waals surface area contributed by atoms with Crippen molar-refractivity contribution in [2.45, 2.75) is 0 Å². The van der Waals surface area contributed by atoms with Crippen LogP contribution < -0.4 is 20.5 Å². The smallest absolute Gasteiger partial charge is 0.223 e. The summed E-state index contributed by atoms with van der Waals surface area (Å²) in [5.41, 5.74) is 9.37. The van der Waals surface area contributed by atoms with Gasteiger partial charge in [0.05, 0.1) is 24.8 Å². The Balaban J connectivity index is 1.71. The molecule has 0 saturated carbocycles. The molecule has 1 aromatic carbocycles. The normalized spacial score (nSPS) is 11.4. The number of rotatable bonds is 9. The van der Waals surface area contributed by atoms with E-state index < -0.39 is 10.0 Å². The maximum absolute atomic E-state index is 11.2. The van der Waals surface area contributed by atoms with Gasteiger partial charge in [0.1, 0.15) is 11.5 Å². The number of nitrogens with two attached hydrogens (primary N) is 1. The maximum atomic E-state index is 11.2. The third kappa shape index (κ3) is 5.47. The Labute approximate surface area is 196 Å². The molecule has 3 aromatic heterocycles. The number of hydrogen-bond donors (Lipinski definition) is 4. The number of pyridine rings is 1. The van der Waals surface area contributed by atoms with Gasteiger partial charge in [0.25, 0.3) is 0 Å². The number of aromatic amines is 1. The molecule has 0 atom stereocenters. The molecule has 3 heterocycles. The van der Waals surface area contributed by atoms with E-state index in [2.05, 4.69) is 30.0 Å². The average Bonchev–Trinajstić information content (AvgIpc) is 3.28. The number of ether oxygens (including phenoxy) is 1. The van der Waals surface area contributed by atoms with Gasteiger partial charge in [-0.3, -0.25) is 0 Å². The lowest BCUT2D eigenvalue weighted by molar-refractivity contribution is 0.415. The third-order valence-electron chi connectivity index (χ3n) is 4.81. The fourth-order valence-electron chi connectivity index (χ4n) is 3.24. The van der Waals surface area contributed by atoms with E-state index in [0.717, 1.165) is 17.4 Å². The second-order valence-electron chi connectivity index (χ2n) is 7.35. The molecular weight excluding hydrogens is 456 g/mol. The van der Waals surface area contributed by atoms with Crippen LogP contribution in [0.3, 0.4) is 0 Å². The quantitative estimate of drug-likeness (QED) is 0.263. The molecule has 4 rings (SSSR count). The summed E-state index contributed by atoms with van der Waals surface area (Å²) in [7, 11) is -1.74. The number of methoxy groups -OCH3 is 1. The molecule has 0 fully saturated rings. The van der Waals surface area contributed by atoms with Crippen molar-refractivity contribution in [2.24, 2.45) is 0 Å². The van der Waals surface area contributed by atoms with Crippen LogP contribution in [0.2, 0.25) is 0 Å². The van der Waals surface area contributed by atoms with Crippen LogP contribution >= 0.6 is 0 Å². The van der Waals surface area contributed by atoms with Gasteiger partial charge >= 0.3 is 0 Å². The van der Waals surface area contributed by atoms with Gasteiger partial charge in [-0.2, -0.15) is 0 Å². The number of nitrogen functional groups attached to an aromatic ring is 1. The summed E-state index contributed by atoms with van der Waals surface area (Å²) in [6.07, 6.45) is 4.35. The van der Waals surface area contributed by atoms with E-state index in [0.29, 0.717) is 41.1 Å². The van der Waals surface area contributed by atoms with Crippen LogP contribution in [0.15, 0.2) is 54.9 Å². The lowest BCUT2D eigenvalue weighted by Crippen LogP contribution is -2.28. The summed E-state index contributed by atoms with van der Waals surface area (Å²) in [4.78, 5) is 21.2. The number of nitrogens with one attached hydrogen (secondary N) is 3. The molecule has 11 nitrogen and oxygen atoms in total. The van der Waals surface area contributed by atoms with Crippen molar-refractivity contribution in [1.29, 1.82) is 0 Å². The lowest BCUT2D eigenvalue weighted by atomic mass is 10.1. The maximum Gasteiger partial charge on any atom is 0.223 e. The van der Waals surface area contributed by atoms with Crippen molar-refractivity contribution in [3.8, 4) is 39.8 Å². The van der Waals surface area contributed by atoms with Crippen LogP contribution in [0.4, 0.5) is 11.8 Å². The van der Waals surface area contributed by atoms with Gasteiger partial charge in [-0.1, -0.05) is 30.3 Å². The molecule has 0 bridgehead atoms. The predicted octanol–water partition coefficient (Wildman–Crippen LogP) is 2.15. The van der Waals surface area contributed by atoms with E-state index in [1.54, 1.807) is 24.5 Å². The van der Waals surface area contributed by atoms with E-state index in [1.807, 2.05) is 30.3 Å². The minimum atomic E-state index is -3.27. The number of aromatic nitrogens is 5. The summed E-state index contributed by atoms with van der Waals surface area (Å²) in [5.74, 6) is 1.73. The molecular formula is C22H24N8O3S. The third-order valence-corrected chi connectivity index (χ3v) is 5.54. The molecule has 0 radical (unpaired) electrons. The summed E-state index contributed by atoms with van der Waals surface area (Å²) in [6.45, 7) is 0.521. The van der Waals surface area contributed by atoms with Gasteiger partial charge in [-0.25, -0.2) is 33.1 Å². The first-order valence-electron chi connectivity index (χ1n) is 10.3. The van der Waals surface area contributed by atoms with Crippen LogP contribution in [0.5, 0.6) is 5.75 Å². The van der Waals surface area contributed by atoms with E-state index in [1.165, 1.54) is 7.11 Å². The SMILES string of the molecule is COc1cc(-c2[nH]c(-c3ccccc3)nc2-c2ccnc(NCCNS(C)(=O)=O)n2)cnc1N. The molecule has 0 aliphatic rings. The minimum Gasteiger partial charge on any atom is -0.493 e. The Kier molecular flexibility index (Phi) is 6.70. The van der Waals surface area contributed by atoms with Gasteiger partial charge < -0.3 is 20.8 Å². The fraction of sp³-hybridized carbons (Fsp3) is 0.182.